The van der Waals surface area contributed by atoms with Crippen LogP contribution in [-0.4, -0.2) is 49.3 Å². The maximum Gasteiger partial charge on any atom is 0.258 e. The lowest BCUT2D eigenvalue weighted by Crippen LogP contribution is -2.41. The van der Waals surface area contributed by atoms with Gasteiger partial charge in [0, 0.05) is 19.7 Å². The highest BCUT2D eigenvalue weighted by Crippen LogP contribution is 2.25. The van der Waals surface area contributed by atoms with Crippen LogP contribution in [0.25, 0.3) is 0 Å². The molecule has 0 unspecified atom stereocenters. The van der Waals surface area contributed by atoms with Gasteiger partial charge in [-0.2, -0.15) is 0 Å². The molecule has 21 heavy (non-hydrogen) atoms. The zero-order valence-electron chi connectivity index (χ0n) is 13.3. The van der Waals surface area contributed by atoms with Crippen LogP contribution in [0.2, 0.25) is 0 Å². The highest BCUT2D eigenvalue weighted by molar-refractivity contribution is 5.97. The number of benzene rings is 1. The number of carbonyl (C=O) groups is 1. The summed E-state index contributed by atoms with van der Waals surface area (Å²) in [6.07, 6.45) is 1.72. The van der Waals surface area contributed by atoms with Gasteiger partial charge in [0.05, 0.1) is 19.3 Å². The molecular weight excluding hydrogens is 270 g/mol. The predicted octanol–water partition coefficient (Wildman–Crippen LogP) is 2.68. The molecule has 0 aromatic heterocycles. The molecule has 0 bridgehead atoms. The second-order valence-corrected chi connectivity index (χ2v) is 4.84. The number of hydrogen-bond acceptors (Lipinski definition) is 4. The zero-order valence-corrected chi connectivity index (χ0v) is 13.3. The van der Waals surface area contributed by atoms with Gasteiger partial charge in [0.2, 0.25) is 0 Å². The van der Waals surface area contributed by atoms with Crippen LogP contribution in [0.3, 0.4) is 0 Å². The van der Waals surface area contributed by atoms with E-state index in [0.29, 0.717) is 18.9 Å². The fourth-order valence-electron chi connectivity index (χ4n) is 2.34. The van der Waals surface area contributed by atoms with Gasteiger partial charge in [0.25, 0.3) is 5.91 Å². The average molecular weight is 295 g/mol. The molecule has 0 aliphatic rings. The molecule has 118 valence electrons. The number of methoxy groups -OCH3 is 2. The van der Waals surface area contributed by atoms with Crippen molar-refractivity contribution in [3.63, 3.8) is 0 Å². The predicted molar refractivity (Wildman–Crippen MR) is 81.9 cm³/mol. The van der Waals surface area contributed by atoms with Gasteiger partial charge < -0.3 is 19.5 Å². The molecular formula is C16H25NO4. The van der Waals surface area contributed by atoms with Gasteiger partial charge in [-0.15, -0.1) is 0 Å². The number of aromatic hydroxyl groups is 1. The summed E-state index contributed by atoms with van der Waals surface area (Å²) in [5.74, 6) is 0.318. The number of phenolic OH excluding ortho intramolecular Hbond substituents is 1. The Morgan fingerprint density at radius 3 is 2.48 bits per heavy atom. The van der Waals surface area contributed by atoms with Gasteiger partial charge in [0.15, 0.2) is 0 Å². The Morgan fingerprint density at radius 1 is 1.29 bits per heavy atom. The third-order valence-corrected chi connectivity index (χ3v) is 3.61. The van der Waals surface area contributed by atoms with E-state index in [1.807, 2.05) is 13.8 Å². The Kier molecular flexibility index (Phi) is 7.02. The number of amides is 1. The summed E-state index contributed by atoms with van der Waals surface area (Å²) in [5.41, 5.74) is 0.261. The lowest BCUT2D eigenvalue weighted by molar-refractivity contribution is 0.0586. The van der Waals surface area contributed by atoms with Crippen molar-refractivity contribution in [2.75, 3.05) is 27.4 Å². The third kappa shape index (κ3) is 4.36. The van der Waals surface area contributed by atoms with E-state index >= 15 is 0 Å². The van der Waals surface area contributed by atoms with Gasteiger partial charge in [0.1, 0.15) is 11.5 Å². The molecule has 0 fully saturated rings. The van der Waals surface area contributed by atoms with Crippen molar-refractivity contribution in [1.82, 2.24) is 4.90 Å². The number of carbonyl (C=O) groups excluding carboxylic acids is 1. The van der Waals surface area contributed by atoms with Gasteiger partial charge in [-0.3, -0.25) is 4.79 Å². The van der Waals surface area contributed by atoms with E-state index in [-0.39, 0.29) is 23.3 Å². The van der Waals surface area contributed by atoms with E-state index in [0.717, 1.165) is 12.8 Å². The van der Waals surface area contributed by atoms with Crippen molar-refractivity contribution < 1.29 is 19.4 Å². The number of nitrogens with zero attached hydrogens (tertiary/aromatic N) is 1. The topological polar surface area (TPSA) is 59.0 Å². The molecule has 1 aromatic rings. The normalized spacial score (nSPS) is 10.7. The summed E-state index contributed by atoms with van der Waals surface area (Å²) in [5, 5.41) is 9.97. The van der Waals surface area contributed by atoms with Crippen molar-refractivity contribution in [3.8, 4) is 11.5 Å². The fraction of sp³-hybridized carbons (Fsp3) is 0.562. The maximum absolute atomic E-state index is 12.8. The number of rotatable bonds is 8. The van der Waals surface area contributed by atoms with Crippen LogP contribution in [0, 0.1) is 0 Å². The van der Waals surface area contributed by atoms with E-state index < -0.39 is 0 Å². The van der Waals surface area contributed by atoms with Crippen molar-refractivity contribution in [1.29, 1.82) is 0 Å². The first kappa shape index (κ1) is 17.3. The van der Waals surface area contributed by atoms with Crippen molar-refractivity contribution >= 4 is 5.91 Å². The summed E-state index contributed by atoms with van der Waals surface area (Å²) >= 11 is 0. The highest BCUT2D eigenvalue weighted by Gasteiger charge is 2.24. The van der Waals surface area contributed by atoms with Crippen LogP contribution in [0.1, 0.15) is 37.0 Å². The lowest BCUT2D eigenvalue weighted by Gasteiger charge is -2.30. The quantitative estimate of drug-likeness (QED) is 0.801. The largest absolute Gasteiger partial charge is 0.507 e. The molecule has 0 heterocycles. The van der Waals surface area contributed by atoms with E-state index in [9.17, 15) is 9.90 Å². The second kappa shape index (κ2) is 8.52. The number of ether oxygens (including phenoxy) is 2. The molecule has 1 N–H and O–H groups in total. The Morgan fingerprint density at radius 2 is 1.95 bits per heavy atom. The minimum absolute atomic E-state index is 0.0332. The molecule has 1 aromatic carbocycles. The minimum Gasteiger partial charge on any atom is -0.507 e. The second-order valence-electron chi connectivity index (χ2n) is 4.84. The van der Waals surface area contributed by atoms with E-state index in [4.69, 9.17) is 9.47 Å². The first-order valence-corrected chi connectivity index (χ1v) is 7.25. The van der Waals surface area contributed by atoms with E-state index in [1.54, 1.807) is 24.1 Å². The van der Waals surface area contributed by atoms with Gasteiger partial charge in [-0.05, 0) is 31.0 Å². The first-order valence-electron chi connectivity index (χ1n) is 7.25. The summed E-state index contributed by atoms with van der Waals surface area (Å²) in [7, 11) is 3.14. The molecule has 5 nitrogen and oxygen atoms in total. The van der Waals surface area contributed by atoms with Crippen molar-refractivity contribution in [2.24, 2.45) is 0 Å². The smallest absolute Gasteiger partial charge is 0.258 e. The molecule has 0 aliphatic heterocycles. The third-order valence-electron chi connectivity index (χ3n) is 3.61. The van der Waals surface area contributed by atoms with Crippen LogP contribution in [-0.2, 0) is 4.74 Å². The molecule has 1 amide bonds. The molecule has 0 saturated carbocycles. The minimum atomic E-state index is -0.197. The maximum atomic E-state index is 12.8. The molecule has 0 radical (unpaired) electrons. The Labute approximate surface area is 126 Å². The SMILES string of the molecule is CCC(CC)N(CCOC)C(=O)c1cc(OC)ccc1O. The average Bonchev–Trinajstić information content (AvgIpc) is 2.51. The van der Waals surface area contributed by atoms with Crippen molar-refractivity contribution in [3.05, 3.63) is 23.8 Å². The molecule has 1 rings (SSSR count). The first-order chi connectivity index (χ1) is 10.1. The molecule has 0 saturated heterocycles. The Bertz CT molecular complexity index is 458. The Hall–Kier alpha value is -1.75. The summed E-state index contributed by atoms with van der Waals surface area (Å²) in [6.45, 7) is 5.06. The number of hydrogen-bond donors (Lipinski definition) is 1. The van der Waals surface area contributed by atoms with E-state index in [2.05, 4.69) is 0 Å². The molecule has 0 atom stereocenters. The van der Waals surface area contributed by atoms with Crippen LogP contribution in [0.5, 0.6) is 11.5 Å². The number of phenols is 1. The van der Waals surface area contributed by atoms with Gasteiger partial charge in [-0.25, -0.2) is 0 Å². The summed E-state index contributed by atoms with van der Waals surface area (Å²) < 4.78 is 10.2. The zero-order chi connectivity index (χ0) is 15.8. The summed E-state index contributed by atoms with van der Waals surface area (Å²) in [6, 6.07) is 4.80. The van der Waals surface area contributed by atoms with Crippen LogP contribution >= 0.6 is 0 Å². The lowest BCUT2D eigenvalue weighted by atomic mass is 10.1. The molecule has 0 spiro atoms. The fourth-order valence-corrected chi connectivity index (χ4v) is 2.34. The standard InChI is InChI=1S/C16H25NO4/c1-5-12(6-2)17(9-10-20-3)16(19)14-11-13(21-4)7-8-15(14)18/h7-8,11-12,18H,5-6,9-10H2,1-4H3. The Balaban J connectivity index is 3.08. The van der Waals surface area contributed by atoms with Crippen LogP contribution in [0.15, 0.2) is 18.2 Å². The van der Waals surface area contributed by atoms with Gasteiger partial charge in [-0.1, -0.05) is 13.8 Å². The molecule has 5 heteroatoms. The van der Waals surface area contributed by atoms with Crippen molar-refractivity contribution in [2.45, 2.75) is 32.7 Å². The highest BCUT2D eigenvalue weighted by atomic mass is 16.5. The molecule has 0 aliphatic carbocycles. The monoisotopic (exact) mass is 295 g/mol. The van der Waals surface area contributed by atoms with Crippen LogP contribution < -0.4 is 4.74 Å². The summed E-state index contributed by atoms with van der Waals surface area (Å²) in [4.78, 5) is 14.5. The van der Waals surface area contributed by atoms with E-state index in [1.165, 1.54) is 13.2 Å². The van der Waals surface area contributed by atoms with Gasteiger partial charge >= 0.3 is 0 Å². The van der Waals surface area contributed by atoms with Crippen LogP contribution in [0.4, 0.5) is 0 Å².